The lowest BCUT2D eigenvalue weighted by molar-refractivity contribution is 0.203. The number of methoxy groups -OCH3 is 1. The van der Waals surface area contributed by atoms with Gasteiger partial charge in [-0.25, -0.2) is 4.99 Å². The van der Waals surface area contributed by atoms with Crippen LogP contribution in [0.1, 0.15) is 44.3 Å². The molecule has 2 unspecified atom stereocenters. The van der Waals surface area contributed by atoms with E-state index < -0.39 is 0 Å². The fourth-order valence-corrected chi connectivity index (χ4v) is 4.19. The van der Waals surface area contributed by atoms with Gasteiger partial charge in [0, 0.05) is 32.0 Å². The van der Waals surface area contributed by atoms with E-state index in [4.69, 9.17) is 9.73 Å². The van der Waals surface area contributed by atoms with Crippen molar-refractivity contribution >= 4 is 41.7 Å². The average molecular weight is 496 g/mol. The van der Waals surface area contributed by atoms with Crippen LogP contribution in [0.3, 0.4) is 0 Å². The molecular weight excluding hydrogens is 463 g/mol. The molecule has 0 spiro atoms. The Hall–Kier alpha value is -0.550. The maximum atomic E-state index is 5.14. The fraction of sp³-hybridized carbons (Fsp3) is 0.824. The molecule has 1 heterocycles. The van der Waals surface area contributed by atoms with Crippen LogP contribution in [0, 0.1) is 6.92 Å². The second kappa shape index (κ2) is 12.8. The summed E-state index contributed by atoms with van der Waals surface area (Å²) in [5.41, 5.74) is 0. The fourth-order valence-electron chi connectivity index (χ4n) is 3.02. The summed E-state index contributed by atoms with van der Waals surface area (Å²) in [6.07, 6.45) is 5.02. The van der Waals surface area contributed by atoms with Crippen molar-refractivity contribution in [2.45, 2.75) is 57.4 Å². The van der Waals surface area contributed by atoms with E-state index in [-0.39, 0.29) is 24.0 Å². The molecule has 2 rings (SSSR count). The molecule has 1 aliphatic carbocycles. The van der Waals surface area contributed by atoms with E-state index in [1.807, 2.05) is 18.5 Å². The van der Waals surface area contributed by atoms with Crippen molar-refractivity contribution in [3.05, 3.63) is 11.6 Å². The number of thioether (sulfide) groups is 1. The first-order valence-corrected chi connectivity index (χ1v) is 10.2. The predicted molar refractivity (Wildman–Crippen MR) is 119 cm³/mol. The zero-order valence-corrected chi connectivity index (χ0v) is 19.5. The van der Waals surface area contributed by atoms with Gasteiger partial charge in [0.05, 0.1) is 6.61 Å². The van der Waals surface area contributed by atoms with Gasteiger partial charge in [0.15, 0.2) is 11.8 Å². The van der Waals surface area contributed by atoms with Crippen molar-refractivity contribution in [3.63, 3.8) is 0 Å². The lowest BCUT2D eigenvalue weighted by Gasteiger charge is -2.30. The summed E-state index contributed by atoms with van der Waals surface area (Å²) in [4.78, 5) is 4.71. The molecule has 1 aliphatic rings. The van der Waals surface area contributed by atoms with Crippen molar-refractivity contribution in [1.29, 1.82) is 0 Å². The minimum absolute atomic E-state index is 0. The summed E-state index contributed by atoms with van der Waals surface area (Å²) in [7, 11) is 3.68. The Labute approximate surface area is 178 Å². The number of nitrogens with one attached hydrogen (secondary N) is 2. The van der Waals surface area contributed by atoms with E-state index in [1.165, 1.54) is 31.4 Å². The lowest BCUT2D eigenvalue weighted by Crippen LogP contribution is -2.46. The topological polar surface area (TPSA) is 76.4 Å². The number of hydrogen-bond acceptors (Lipinski definition) is 5. The monoisotopic (exact) mass is 496 g/mol. The van der Waals surface area contributed by atoms with Crippen LogP contribution >= 0.6 is 35.7 Å². The molecule has 0 aromatic carbocycles. The minimum Gasteiger partial charge on any atom is -0.383 e. The van der Waals surface area contributed by atoms with Gasteiger partial charge in [-0.3, -0.25) is 0 Å². The summed E-state index contributed by atoms with van der Waals surface area (Å²) in [5, 5.41) is 16.0. The number of aliphatic imine (C=N–C) groups is 1. The number of ether oxygens (including phenoxy) is 1. The number of hydrogen-bond donors (Lipinski definition) is 2. The third-order valence-corrected chi connectivity index (χ3v) is 5.76. The van der Waals surface area contributed by atoms with Crippen LogP contribution in [0.4, 0.5) is 0 Å². The number of halogens is 1. The molecule has 0 aliphatic heterocycles. The maximum absolute atomic E-state index is 5.14. The highest BCUT2D eigenvalue weighted by atomic mass is 127. The molecule has 0 saturated heterocycles. The van der Waals surface area contributed by atoms with Crippen molar-refractivity contribution in [3.8, 4) is 0 Å². The number of nitrogens with zero attached hydrogens (tertiary/aromatic N) is 4. The highest BCUT2D eigenvalue weighted by Gasteiger charge is 2.22. The normalized spacial score (nSPS) is 20.5. The highest BCUT2D eigenvalue weighted by molar-refractivity contribution is 14.0. The molecule has 7 nitrogen and oxygen atoms in total. The van der Waals surface area contributed by atoms with E-state index >= 15 is 0 Å². The number of aromatic nitrogens is 3. The second-order valence-corrected chi connectivity index (χ2v) is 7.97. The summed E-state index contributed by atoms with van der Waals surface area (Å²) < 4.78 is 7.12. The Morgan fingerprint density at radius 1 is 1.38 bits per heavy atom. The second-order valence-electron chi connectivity index (χ2n) is 6.39. The Balaban J connectivity index is 0.00000338. The van der Waals surface area contributed by atoms with Gasteiger partial charge in [0.1, 0.15) is 12.4 Å². The van der Waals surface area contributed by atoms with Crippen LogP contribution in [0.15, 0.2) is 4.99 Å². The van der Waals surface area contributed by atoms with Crippen LogP contribution in [0.5, 0.6) is 0 Å². The maximum Gasteiger partial charge on any atom is 0.192 e. The summed E-state index contributed by atoms with van der Waals surface area (Å²) in [6, 6.07) is 0.479. The van der Waals surface area contributed by atoms with E-state index in [9.17, 15) is 0 Å². The summed E-state index contributed by atoms with van der Waals surface area (Å²) >= 11 is 2.08. The van der Waals surface area contributed by atoms with Gasteiger partial charge < -0.3 is 19.9 Å². The Kier molecular flexibility index (Phi) is 11.5. The molecule has 1 saturated carbocycles. The standard InChI is InChI=1S/C17H32N6OS.HI/c1-5-25-15-8-6-7-14(11-15)20-17(18-9-10-24-4)19-12-16-22-21-13(2)23(16)3;/h14-15H,5-12H2,1-4H3,(H2,18,19,20);1H. The van der Waals surface area contributed by atoms with Gasteiger partial charge in [-0.2, -0.15) is 11.8 Å². The Bertz CT molecular complexity index is 551. The molecule has 0 radical (unpaired) electrons. The summed E-state index contributed by atoms with van der Waals surface area (Å²) in [6.45, 7) is 6.09. The lowest BCUT2D eigenvalue weighted by atomic mass is 9.95. The third kappa shape index (κ3) is 7.59. The predicted octanol–water partition coefficient (Wildman–Crippen LogP) is 2.49. The average Bonchev–Trinajstić information content (AvgIpc) is 2.92. The quantitative estimate of drug-likeness (QED) is 0.249. The Morgan fingerprint density at radius 3 is 2.85 bits per heavy atom. The summed E-state index contributed by atoms with van der Waals surface area (Å²) in [5.74, 6) is 3.80. The SMILES string of the molecule is CCSC1CCCC(NC(=NCc2nnc(C)n2C)NCCOC)C1.I. The number of guanidine groups is 1. The highest BCUT2D eigenvalue weighted by Crippen LogP contribution is 2.28. The molecule has 0 amide bonds. The zero-order chi connectivity index (χ0) is 18.1. The smallest absolute Gasteiger partial charge is 0.192 e. The van der Waals surface area contributed by atoms with E-state index in [0.29, 0.717) is 19.2 Å². The Morgan fingerprint density at radius 2 is 2.19 bits per heavy atom. The minimum atomic E-state index is 0. The van der Waals surface area contributed by atoms with Gasteiger partial charge in [-0.15, -0.1) is 34.2 Å². The van der Waals surface area contributed by atoms with Crippen LogP contribution in [0.2, 0.25) is 0 Å². The van der Waals surface area contributed by atoms with Crippen molar-refractivity contribution in [2.75, 3.05) is 26.0 Å². The molecule has 2 atom stereocenters. The molecule has 2 N–H and O–H groups in total. The number of rotatable bonds is 8. The van der Waals surface area contributed by atoms with Crippen LogP contribution in [-0.2, 0) is 18.3 Å². The first kappa shape index (κ1) is 23.5. The van der Waals surface area contributed by atoms with Gasteiger partial charge in [0.25, 0.3) is 0 Å². The van der Waals surface area contributed by atoms with Gasteiger partial charge >= 0.3 is 0 Å². The first-order chi connectivity index (χ1) is 12.1. The first-order valence-electron chi connectivity index (χ1n) is 9.14. The largest absolute Gasteiger partial charge is 0.383 e. The van der Waals surface area contributed by atoms with Crippen molar-refractivity contribution < 1.29 is 4.74 Å². The van der Waals surface area contributed by atoms with Crippen LogP contribution < -0.4 is 10.6 Å². The van der Waals surface area contributed by atoms with Crippen LogP contribution in [0.25, 0.3) is 0 Å². The van der Waals surface area contributed by atoms with E-state index in [2.05, 4.69) is 39.5 Å². The van der Waals surface area contributed by atoms with Gasteiger partial charge in [0.2, 0.25) is 0 Å². The van der Waals surface area contributed by atoms with Crippen molar-refractivity contribution in [1.82, 2.24) is 25.4 Å². The van der Waals surface area contributed by atoms with E-state index in [1.54, 1.807) is 7.11 Å². The molecule has 1 fully saturated rings. The molecule has 1 aromatic heterocycles. The number of aryl methyl sites for hydroxylation is 1. The molecular formula is C17H33IN6OS. The zero-order valence-electron chi connectivity index (χ0n) is 16.3. The molecule has 0 bridgehead atoms. The van der Waals surface area contributed by atoms with E-state index in [0.717, 1.165) is 29.4 Å². The molecule has 26 heavy (non-hydrogen) atoms. The molecule has 1 aromatic rings. The van der Waals surface area contributed by atoms with Crippen molar-refractivity contribution in [2.24, 2.45) is 12.0 Å². The molecule has 9 heteroatoms. The third-order valence-electron chi connectivity index (χ3n) is 4.53. The van der Waals surface area contributed by atoms with Gasteiger partial charge in [-0.05, 0) is 31.9 Å². The molecule has 150 valence electrons. The van der Waals surface area contributed by atoms with Crippen LogP contribution in [-0.4, -0.2) is 58.0 Å². The van der Waals surface area contributed by atoms with Gasteiger partial charge in [-0.1, -0.05) is 13.3 Å².